The molecule has 0 bridgehead atoms. The highest BCUT2D eigenvalue weighted by atomic mass is 16.5. The molecule has 0 heterocycles. The van der Waals surface area contributed by atoms with E-state index in [4.69, 9.17) is 9.47 Å². The lowest BCUT2D eigenvalue weighted by Crippen LogP contribution is -2.08. The summed E-state index contributed by atoms with van der Waals surface area (Å²) in [5.74, 6) is 1.83. The van der Waals surface area contributed by atoms with Crippen molar-refractivity contribution in [1.29, 1.82) is 0 Å². The lowest BCUT2D eigenvalue weighted by Gasteiger charge is -2.15. The molecule has 1 aromatic rings. The lowest BCUT2D eigenvalue weighted by atomic mass is 10.2. The van der Waals surface area contributed by atoms with E-state index in [-0.39, 0.29) is 12.2 Å². The Kier molecular flexibility index (Phi) is 4.01. The zero-order valence-corrected chi connectivity index (χ0v) is 10.2. The van der Waals surface area contributed by atoms with E-state index in [0.717, 1.165) is 17.1 Å². The third-order valence-electron chi connectivity index (χ3n) is 1.88. The first-order valence-corrected chi connectivity index (χ1v) is 5.43. The van der Waals surface area contributed by atoms with Crippen LogP contribution in [0.15, 0.2) is 18.2 Å². The number of aryl methyl sites for hydroxylation is 1. The first kappa shape index (κ1) is 11.9. The molecule has 0 atom stereocenters. The van der Waals surface area contributed by atoms with Gasteiger partial charge in [0.2, 0.25) is 0 Å². The molecule has 0 amide bonds. The molecule has 0 saturated heterocycles. The Morgan fingerprint density at radius 2 is 1.53 bits per heavy atom. The van der Waals surface area contributed by atoms with Crippen LogP contribution < -0.4 is 9.47 Å². The average molecular weight is 208 g/mol. The van der Waals surface area contributed by atoms with E-state index in [1.54, 1.807) is 0 Å². The monoisotopic (exact) mass is 208 g/mol. The third kappa shape index (κ3) is 3.82. The van der Waals surface area contributed by atoms with Crippen molar-refractivity contribution < 1.29 is 9.47 Å². The highest BCUT2D eigenvalue weighted by molar-refractivity contribution is 5.39. The molecule has 0 N–H and O–H groups in total. The van der Waals surface area contributed by atoms with Crippen LogP contribution in [0.5, 0.6) is 11.5 Å². The zero-order chi connectivity index (χ0) is 11.4. The van der Waals surface area contributed by atoms with Crippen molar-refractivity contribution in [1.82, 2.24) is 0 Å². The summed E-state index contributed by atoms with van der Waals surface area (Å²) in [6.45, 7) is 10.1. The van der Waals surface area contributed by atoms with Crippen molar-refractivity contribution in [2.45, 2.75) is 46.8 Å². The van der Waals surface area contributed by atoms with E-state index in [1.807, 2.05) is 52.8 Å². The van der Waals surface area contributed by atoms with Gasteiger partial charge in [0.25, 0.3) is 0 Å². The first-order valence-electron chi connectivity index (χ1n) is 5.43. The van der Waals surface area contributed by atoms with Crippen LogP contribution in [0.2, 0.25) is 0 Å². The smallest absolute Gasteiger partial charge is 0.122 e. The first-order chi connectivity index (χ1) is 6.99. The summed E-state index contributed by atoms with van der Waals surface area (Å²) in [4.78, 5) is 0. The average Bonchev–Trinajstić information content (AvgIpc) is 2.08. The summed E-state index contributed by atoms with van der Waals surface area (Å²) < 4.78 is 11.2. The third-order valence-corrected chi connectivity index (χ3v) is 1.88. The van der Waals surface area contributed by atoms with Crippen LogP contribution in [-0.4, -0.2) is 12.2 Å². The van der Waals surface area contributed by atoms with Crippen molar-refractivity contribution in [3.05, 3.63) is 23.8 Å². The fourth-order valence-electron chi connectivity index (χ4n) is 1.35. The molecule has 0 unspecified atom stereocenters. The van der Waals surface area contributed by atoms with Gasteiger partial charge in [0, 0.05) is 0 Å². The summed E-state index contributed by atoms with van der Waals surface area (Å²) in [6, 6.07) is 5.93. The molecule has 0 spiro atoms. The maximum atomic E-state index is 5.65. The van der Waals surface area contributed by atoms with Crippen molar-refractivity contribution >= 4 is 0 Å². The maximum absolute atomic E-state index is 5.65. The van der Waals surface area contributed by atoms with Crippen molar-refractivity contribution in [3.8, 4) is 11.5 Å². The summed E-state index contributed by atoms with van der Waals surface area (Å²) in [5, 5.41) is 0. The molecule has 2 heteroatoms. The van der Waals surface area contributed by atoms with Crippen LogP contribution in [0.4, 0.5) is 0 Å². The van der Waals surface area contributed by atoms with E-state index in [0.29, 0.717) is 0 Å². The van der Waals surface area contributed by atoms with Gasteiger partial charge in [-0.2, -0.15) is 0 Å². The van der Waals surface area contributed by atoms with Crippen molar-refractivity contribution in [2.75, 3.05) is 0 Å². The number of rotatable bonds is 4. The van der Waals surface area contributed by atoms with E-state index in [2.05, 4.69) is 0 Å². The standard InChI is InChI=1S/C13H20O2/c1-9(2)14-12-6-7-13(11(5)8-12)15-10(3)4/h6-10H,1-5H3. The molecular weight excluding hydrogens is 188 g/mol. The Hall–Kier alpha value is -1.18. The molecule has 0 aliphatic heterocycles. The van der Waals surface area contributed by atoms with Crippen LogP contribution >= 0.6 is 0 Å². The van der Waals surface area contributed by atoms with Gasteiger partial charge in [0.1, 0.15) is 11.5 Å². The van der Waals surface area contributed by atoms with Gasteiger partial charge in [-0.1, -0.05) is 0 Å². The summed E-state index contributed by atoms with van der Waals surface area (Å²) >= 11 is 0. The van der Waals surface area contributed by atoms with Gasteiger partial charge >= 0.3 is 0 Å². The van der Waals surface area contributed by atoms with Crippen molar-refractivity contribution in [2.24, 2.45) is 0 Å². The van der Waals surface area contributed by atoms with Crippen molar-refractivity contribution in [3.63, 3.8) is 0 Å². The molecule has 0 fully saturated rings. The maximum Gasteiger partial charge on any atom is 0.122 e. The zero-order valence-electron chi connectivity index (χ0n) is 10.2. The van der Waals surface area contributed by atoms with Crippen LogP contribution in [0, 0.1) is 6.92 Å². The summed E-state index contributed by atoms with van der Waals surface area (Å²) in [7, 11) is 0. The van der Waals surface area contributed by atoms with E-state index < -0.39 is 0 Å². The van der Waals surface area contributed by atoms with Crippen LogP contribution in [0.1, 0.15) is 33.3 Å². The van der Waals surface area contributed by atoms with Crippen LogP contribution in [0.25, 0.3) is 0 Å². The number of hydrogen-bond acceptors (Lipinski definition) is 2. The molecule has 0 aliphatic rings. The fraction of sp³-hybridized carbons (Fsp3) is 0.538. The van der Waals surface area contributed by atoms with Gasteiger partial charge in [-0.15, -0.1) is 0 Å². The molecule has 1 aromatic carbocycles. The normalized spacial score (nSPS) is 10.9. The summed E-state index contributed by atoms with van der Waals surface area (Å²) in [5.41, 5.74) is 1.11. The van der Waals surface area contributed by atoms with Gasteiger partial charge in [0.05, 0.1) is 12.2 Å². The largest absolute Gasteiger partial charge is 0.491 e. The highest BCUT2D eigenvalue weighted by Crippen LogP contribution is 2.24. The molecule has 2 nitrogen and oxygen atoms in total. The van der Waals surface area contributed by atoms with E-state index in [1.165, 1.54) is 0 Å². The Balaban J connectivity index is 2.78. The van der Waals surface area contributed by atoms with Gasteiger partial charge < -0.3 is 9.47 Å². The topological polar surface area (TPSA) is 18.5 Å². The minimum absolute atomic E-state index is 0.209. The van der Waals surface area contributed by atoms with E-state index in [9.17, 15) is 0 Å². The van der Waals surface area contributed by atoms with Gasteiger partial charge in [-0.05, 0) is 58.4 Å². The SMILES string of the molecule is Cc1cc(OC(C)C)ccc1OC(C)C. The quantitative estimate of drug-likeness (QED) is 0.753. The molecule has 84 valence electrons. The second kappa shape index (κ2) is 5.06. The van der Waals surface area contributed by atoms with Crippen LogP contribution in [-0.2, 0) is 0 Å². The highest BCUT2D eigenvalue weighted by Gasteiger charge is 2.04. The summed E-state index contributed by atoms with van der Waals surface area (Å²) in [6.07, 6.45) is 0.418. The van der Waals surface area contributed by atoms with Crippen LogP contribution in [0.3, 0.4) is 0 Å². The molecule has 0 aromatic heterocycles. The molecule has 0 aliphatic carbocycles. The Morgan fingerprint density at radius 3 is 2.00 bits per heavy atom. The molecule has 15 heavy (non-hydrogen) atoms. The molecular formula is C13H20O2. The number of hydrogen-bond donors (Lipinski definition) is 0. The minimum Gasteiger partial charge on any atom is -0.491 e. The number of benzene rings is 1. The van der Waals surface area contributed by atoms with Gasteiger partial charge in [-0.25, -0.2) is 0 Å². The van der Waals surface area contributed by atoms with Gasteiger partial charge in [-0.3, -0.25) is 0 Å². The van der Waals surface area contributed by atoms with E-state index >= 15 is 0 Å². The second-order valence-corrected chi connectivity index (χ2v) is 4.26. The predicted octanol–water partition coefficient (Wildman–Crippen LogP) is 3.57. The second-order valence-electron chi connectivity index (χ2n) is 4.26. The fourth-order valence-corrected chi connectivity index (χ4v) is 1.35. The Labute approximate surface area is 92.2 Å². The molecule has 0 radical (unpaired) electrons. The Bertz CT molecular complexity index is 316. The predicted molar refractivity (Wildman–Crippen MR) is 62.7 cm³/mol. The lowest BCUT2D eigenvalue weighted by molar-refractivity contribution is 0.233. The Morgan fingerprint density at radius 1 is 0.933 bits per heavy atom. The molecule has 0 saturated carbocycles. The number of ether oxygens (including phenoxy) is 2. The van der Waals surface area contributed by atoms with Gasteiger partial charge in [0.15, 0.2) is 0 Å². The molecule has 1 rings (SSSR count). The minimum atomic E-state index is 0.209.